The smallest absolute Gasteiger partial charge is 0.317 e. The van der Waals surface area contributed by atoms with Gasteiger partial charge in [0.25, 0.3) is 37.1 Å². The molecule has 6 nitrogen and oxygen atoms in total. The Hall–Kier alpha value is 0.774. The molecule has 0 bridgehead atoms. The van der Waals surface area contributed by atoms with Crippen LogP contribution in [0.2, 0.25) is 38.8 Å². The van der Waals surface area contributed by atoms with Crippen molar-refractivity contribution in [2.24, 2.45) is 0 Å². The van der Waals surface area contributed by atoms with Crippen molar-refractivity contribution >= 4 is 45.7 Å². The normalized spacial score (nSPS) is 34.6. The minimum absolute atomic E-state index is 0.388. The molecule has 0 aromatic heterocycles. The highest BCUT2D eigenvalue weighted by Gasteiger charge is 2.38. The van der Waals surface area contributed by atoms with Crippen LogP contribution in [0.5, 0.6) is 0 Å². The molecule has 0 aromatic carbocycles. The van der Waals surface area contributed by atoms with Crippen molar-refractivity contribution in [1.82, 2.24) is 0 Å². The molecule has 21 heavy (non-hydrogen) atoms. The maximum Gasteiger partial charge on any atom is 0.317 e. The molecule has 1 fully saturated rings. The molecule has 12 heteroatoms. The van der Waals surface area contributed by atoms with Crippen LogP contribution in [0.3, 0.4) is 0 Å². The van der Waals surface area contributed by atoms with E-state index in [1.807, 2.05) is 32.7 Å². The van der Waals surface area contributed by atoms with Crippen LogP contribution in [-0.2, 0) is 25.3 Å². The van der Waals surface area contributed by atoms with E-state index in [0.29, 0.717) is 6.61 Å². The van der Waals surface area contributed by atoms with E-state index in [1.165, 1.54) is 0 Å². The van der Waals surface area contributed by atoms with E-state index in [1.54, 1.807) is 0 Å². The number of hydrogen-bond acceptors (Lipinski definition) is 6. The fraction of sp³-hybridized carbons (Fsp3) is 1.00. The van der Waals surface area contributed by atoms with Gasteiger partial charge < -0.3 is 25.3 Å². The second kappa shape index (κ2) is 9.81. The average molecular weight is 391 g/mol. The molecular weight excluding hydrogens is 364 g/mol. The van der Waals surface area contributed by atoms with Crippen molar-refractivity contribution in [1.29, 1.82) is 0 Å². The summed E-state index contributed by atoms with van der Waals surface area (Å²) in [5.74, 6) is 0. The largest absolute Gasteiger partial charge is 0.420 e. The van der Waals surface area contributed by atoms with Crippen molar-refractivity contribution in [3.8, 4) is 0 Å². The van der Waals surface area contributed by atoms with Crippen molar-refractivity contribution in [2.75, 3.05) is 13.5 Å². The molecule has 0 spiro atoms. The molecule has 126 valence electrons. The summed E-state index contributed by atoms with van der Waals surface area (Å²) in [4.78, 5) is 0. The zero-order valence-electron chi connectivity index (χ0n) is 13.5. The van der Waals surface area contributed by atoms with E-state index in [9.17, 15) is 4.39 Å². The monoisotopic (exact) mass is 390 g/mol. The lowest BCUT2D eigenvalue weighted by atomic mass is 10.5. The molecule has 4 atom stereocenters. The van der Waals surface area contributed by atoms with Gasteiger partial charge >= 0.3 is 8.56 Å². The molecular formula is C9H27FO6Si5. The van der Waals surface area contributed by atoms with E-state index in [2.05, 4.69) is 0 Å². The minimum Gasteiger partial charge on any atom is -0.420 e. The highest BCUT2D eigenvalue weighted by molar-refractivity contribution is 6.80. The van der Waals surface area contributed by atoms with Crippen molar-refractivity contribution in [3.05, 3.63) is 0 Å². The Morgan fingerprint density at radius 1 is 0.905 bits per heavy atom. The second-order valence-electron chi connectivity index (χ2n) is 5.17. The number of ether oxygens (including phenoxy) is 1. The van der Waals surface area contributed by atoms with Crippen LogP contribution < -0.4 is 0 Å². The average Bonchev–Trinajstić information content (AvgIpc) is 2.32. The van der Waals surface area contributed by atoms with Crippen LogP contribution in [0.1, 0.15) is 6.42 Å². The van der Waals surface area contributed by atoms with Gasteiger partial charge in [-0.25, -0.2) is 4.39 Å². The topological polar surface area (TPSA) is 55.4 Å². The van der Waals surface area contributed by atoms with Crippen LogP contribution >= 0.6 is 0 Å². The van der Waals surface area contributed by atoms with Gasteiger partial charge in [0.05, 0.1) is 0 Å². The summed E-state index contributed by atoms with van der Waals surface area (Å²) in [5.41, 5.74) is 0. The Balaban J connectivity index is 2.65. The van der Waals surface area contributed by atoms with Crippen LogP contribution in [0.4, 0.5) is 4.39 Å². The summed E-state index contributed by atoms with van der Waals surface area (Å²) in [7, 11) is -9.22. The summed E-state index contributed by atoms with van der Waals surface area (Å²) < 4.78 is 46.8. The second-order valence-corrected chi connectivity index (χ2v) is 17.6. The SMILES string of the molecule is C[Si@@H]1O[Si@@H](C)O[Si@H](C)O[Si](C)(CCCOCF)O[Si@@H](C)O1. The Morgan fingerprint density at radius 3 is 1.86 bits per heavy atom. The van der Waals surface area contributed by atoms with E-state index in [4.69, 9.17) is 25.3 Å². The molecule has 0 aromatic rings. The number of rotatable bonds is 5. The zero-order valence-corrected chi connectivity index (χ0v) is 19.1. The first-order valence-corrected chi connectivity index (χ1v) is 18.2. The predicted octanol–water partition coefficient (Wildman–Crippen LogP) is 0.890. The number of hydrogen-bond donors (Lipinski definition) is 0. The minimum atomic E-state index is -2.35. The van der Waals surface area contributed by atoms with Gasteiger partial charge in [0, 0.05) is 6.61 Å². The van der Waals surface area contributed by atoms with Gasteiger partial charge in [-0.05, 0) is 45.2 Å². The predicted molar refractivity (Wildman–Crippen MR) is 90.4 cm³/mol. The highest BCUT2D eigenvalue weighted by atomic mass is 28.5. The standard InChI is InChI=1S/C9H27FO6Si5/c1-17-12-18(2)14-20(4)16-21(5,15-19(3)13-17)8-6-7-11-9-10/h17-20H,6-9H2,1-5H3/t17-,18-,19+,20+/m1/s1. The van der Waals surface area contributed by atoms with Gasteiger partial charge in [-0.3, -0.25) is 0 Å². The van der Waals surface area contributed by atoms with Gasteiger partial charge in [-0.15, -0.1) is 0 Å². The van der Waals surface area contributed by atoms with Crippen LogP contribution in [0, 0.1) is 0 Å². The van der Waals surface area contributed by atoms with E-state index < -0.39 is 52.6 Å². The lowest BCUT2D eigenvalue weighted by Gasteiger charge is -2.36. The molecule has 1 rings (SSSR count). The third kappa shape index (κ3) is 8.26. The van der Waals surface area contributed by atoms with Crippen molar-refractivity contribution in [3.63, 3.8) is 0 Å². The lowest BCUT2D eigenvalue weighted by molar-refractivity contribution is 0.0575. The Labute approximate surface area is 134 Å². The number of alkyl halides is 1. The first-order chi connectivity index (χ1) is 9.84. The first-order valence-electron chi connectivity index (χ1n) is 7.30. The van der Waals surface area contributed by atoms with Crippen molar-refractivity contribution in [2.45, 2.75) is 45.2 Å². The molecule has 0 radical (unpaired) electrons. The summed E-state index contributed by atoms with van der Waals surface area (Å²) in [6, 6.07) is 0.765. The molecule has 0 amide bonds. The Morgan fingerprint density at radius 2 is 1.38 bits per heavy atom. The van der Waals surface area contributed by atoms with Crippen molar-refractivity contribution < 1.29 is 29.7 Å². The molecule has 0 aliphatic carbocycles. The maximum absolute atomic E-state index is 12.0. The van der Waals surface area contributed by atoms with E-state index in [0.717, 1.165) is 12.5 Å². The Kier molecular flexibility index (Phi) is 9.26. The molecule has 0 unspecified atom stereocenters. The quantitative estimate of drug-likeness (QED) is 0.513. The zero-order chi connectivity index (χ0) is 15.9. The summed E-state index contributed by atoms with van der Waals surface area (Å²) in [6.45, 7) is 9.75. The van der Waals surface area contributed by atoms with Crippen LogP contribution in [0.25, 0.3) is 0 Å². The fourth-order valence-electron chi connectivity index (χ4n) is 2.33. The molecule has 1 saturated heterocycles. The van der Waals surface area contributed by atoms with Crippen LogP contribution in [0.15, 0.2) is 0 Å². The van der Waals surface area contributed by atoms with Gasteiger partial charge in [-0.1, -0.05) is 0 Å². The highest BCUT2D eigenvalue weighted by Crippen LogP contribution is 2.21. The van der Waals surface area contributed by atoms with Gasteiger partial charge in [0.1, 0.15) is 0 Å². The lowest BCUT2D eigenvalue weighted by Crippen LogP contribution is -2.52. The molecule has 0 N–H and O–H groups in total. The molecule has 1 heterocycles. The van der Waals surface area contributed by atoms with Gasteiger partial charge in [0.2, 0.25) is 0 Å². The maximum atomic E-state index is 12.0. The van der Waals surface area contributed by atoms with E-state index in [-0.39, 0.29) is 0 Å². The molecule has 1 aliphatic rings. The third-order valence-electron chi connectivity index (χ3n) is 2.98. The summed E-state index contributed by atoms with van der Waals surface area (Å²) in [5, 5.41) is 0. The third-order valence-corrected chi connectivity index (χ3v) is 20.1. The van der Waals surface area contributed by atoms with Gasteiger partial charge in [0.15, 0.2) is 6.86 Å². The Bertz CT molecular complexity index is 286. The van der Waals surface area contributed by atoms with E-state index >= 15 is 0 Å². The molecule has 1 aliphatic heterocycles. The number of halogens is 1. The summed E-state index contributed by atoms with van der Waals surface area (Å²) in [6.07, 6.45) is 0.728. The summed E-state index contributed by atoms with van der Waals surface area (Å²) >= 11 is 0. The van der Waals surface area contributed by atoms with Gasteiger partial charge in [-0.2, -0.15) is 0 Å². The first kappa shape index (κ1) is 19.8. The molecule has 0 saturated carbocycles. The van der Waals surface area contributed by atoms with Crippen LogP contribution in [-0.4, -0.2) is 59.2 Å². The fourth-order valence-corrected chi connectivity index (χ4v) is 20.0.